The number of hydrogen-bond donors (Lipinski definition) is 1. The van der Waals surface area contributed by atoms with E-state index < -0.39 is 10.0 Å². The molecule has 1 N–H and O–H groups in total. The Labute approximate surface area is 143 Å². The van der Waals surface area contributed by atoms with Gasteiger partial charge in [-0.15, -0.1) is 0 Å². The van der Waals surface area contributed by atoms with Gasteiger partial charge in [0, 0.05) is 38.8 Å². The van der Waals surface area contributed by atoms with E-state index in [1.54, 1.807) is 25.1 Å². The molecule has 2 rings (SSSR count). The highest BCUT2D eigenvalue weighted by molar-refractivity contribution is 7.92. The van der Waals surface area contributed by atoms with E-state index in [1.165, 1.54) is 11.4 Å². The minimum Gasteiger partial charge on any atom is -0.379 e. The van der Waals surface area contributed by atoms with Crippen molar-refractivity contribution >= 4 is 21.6 Å². The molecule has 8 heteroatoms. The summed E-state index contributed by atoms with van der Waals surface area (Å²) in [6.45, 7) is 6.29. The summed E-state index contributed by atoms with van der Waals surface area (Å²) < 4.78 is 29.9. The summed E-state index contributed by atoms with van der Waals surface area (Å²) in [6.07, 6.45) is 1.14. The molecule has 0 unspecified atom stereocenters. The van der Waals surface area contributed by atoms with Crippen LogP contribution in [-0.4, -0.2) is 71.9 Å². The van der Waals surface area contributed by atoms with Crippen molar-refractivity contribution in [3.63, 3.8) is 0 Å². The Morgan fingerprint density at radius 1 is 1.33 bits per heavy atom. The smallest absolute Gasteiger partial charge is 0.251 e. The summed E-state index contributed by atoms with van der Waals surface area (Å²) in [6, 6.07) is 5.10. The summed E-state index contributed by atoms with van der Waals surface area (Å²) in [4.78, 5) is 14.6. The molecule has 1 heterocycles. The number of carbonyl (C=O) groups excluding carboxylic acids is 1. The van der Waals surface area contributed by atoms with Crippen LogP contribution in [0.25, 0.3) is 0 Å². The predicted octanol–water partition coefficient (Wildman–Crippen LogP) is 0.453. The number of hydrogen-bond acceptors (Lipinski definition) is 5. The van der Waals surface area contributed by atoms with Crippen molar-refractivity contribution in [1.29, 1.82) is 0 Å². The zero-order valence-corrected chi connectivity index (χ0v) is 15.2. The van der Waals surface area contributed by atoms with Crippen LogP contribution in [0.15, 0.2) is 18.2 Å². The molecule has 1 saturated heterocycles. The largest absolute Gasteiger partial charge is 0.379 e. The standard InChI is InChI=1S/C16H25N3O4S/c1-13-14(5-4-6-15(13)18(2)24(3,21)22)16(20)17-7-8-19-9-11-23-12-10-19/h4-6H,7-12H2,1-3H3,(H,17,20). The van der Waals surface area contributed by atoms with Crippen molar-refractivity contribution in [3.8, 4) is 0 Å². The van der Waals surface area contributed by atoms with E-state index >= 15 is 0 Å². The summed E-state index contributed by atoms with van der Waals surface area (Å²) in [5.74, 6) is -0.190. The first kappa shape index (κ1) is 18.7. The van der Waals surface area contributed by atoms with Gasteiger partial charge in [0.05, 0.1) is 25.2 Å². The number of nitrogens with one attached hydrogen (secondary N) is 1. The Morgan fingerprint density at radius 2 is 2.00 bits per heavy atom. The van der Waals surface area contributed by atoms with Gasteiger partial charge in [-0.2, -0.15) is 0 Å². The number of carbonyl (C=O) groups is 1. The van der Waals surface area contributed by atoms with Crippen LogP contribution in [0.5, 0.6) is 0 Å². The molecule has 1 amide bonds. The average molecular weight is 355 g/mol. The zero-order valence-electron chi connectivity index (χ0n) is 14.4. The van der Waals surface area contributed by atoms with E-state index in [-0.39, 0.29) is 5.91 Å². The van der Waals surface area contributed by atoms with E-state index in [4.69, 9.17) is 4.74 Å². The van der Waals surface area contributed by atoms with Gasteiger partial charge in [-0.1, -0.05) is 6.07 Å². The molecule has 1 aromatic carbocycles. The van der Waals surface area contributed by atoms with Crippen molar-refractivity contribution in [1.82, 2.24) is 10.2 Å². The zero-order chi connectivity index (χ0) is 17.7. The second-order valence-electron chi connectivity index (χ2n) is 5.89. The molecular weight excluding hydrogens is 330 g/mol. The lowest BCUT2D eigenvalue weighted by molar-refractivity contribution is 0.0383. The van der Waals surface area contributed by atoms with Gasteiger partial charge in [-0.25, -0.2) is 8.42 Å². The molecule has 0 spiro atoms. The van der Waals surface area contributed by atoms with Crippen molar-refractivity contribution < 1.29 is 17.9 Å². The fourth-order valence-corrected chi connectivity index (χ4v) is 3.19. The second-order valence-corrected chi connectivity index (χ2v) is 7.90. The maximum atomic E-state index is 12.4. The van der Waals surface area contributed by atoms with E-state index in [0.717, 1.165) is 39.1 Å². The SMILES string of the molecule is Cc1c(C(=O)NCCN2CCOCC2)cccc1N(C)S(C)(=O)=O. The minimum atomic E-state index is -3.37. The van der Waals surface area contributed by atoms with Crippen molar-refractivity contribution in [2.45, 2.75) is 6.92 Å². The van der Waals surface area contributed by atoms with Gasteiger partial charge in [0.2, 0.25) is 10.0 Å². The highest BCUT2D eigenvalue weighted by atomic mass is 32.2. The topological polar surface area (TPSA) is 79.0 Å². The van der Waals surface area contributed by atoms with Gasteiger partial charge in [0.15, 0.2) is 0 Å². The third-order valence-electron chi connectivity index (χ3n) is 4.20. The molecule has 24 heavy (non-hydrogen) atoms. The van der Waals surface area contributed by atoms with E-state index in [9.17, 15) is 13.2 Å². The molecular formula is C16H25N3O4S. The molecule has 1 aliphatic heterocycles. The van der Waals surface area contributed by atoms with E-state index in [2.05, 4.69) is 10.2 Å². The monoisotopic (exact) mass is 355 g/mol. The van der Waals surface area contributed by atoms with Crippen molar-refractivity contribution in [2.24, 2.45) is 0 Å². The van der Waals surface area contributed by atoms with Gasteiger partial charge in [-0.3, -0.25) is 14.0 Å². The lowest BCUT2D eigenvalue weighted by Gasteiger charge is -2.26. The van der Waals surface area contributed by atoms with Gasteiger partial charge >= 0.3 is 0 Å². The van der Waals surface area contributed by atoms with Gasteiger partial charge in [0.1, 0.15) is 0 Å². The third-order valence-corrected chi connectivity index (χ3v) is 5.40. The quantitative estimate of drug-likeness (QED) is 0.802. The normalized spacial score (nSPS) is 16.0. The third kappa shape index (κ3) is 4.68. The number of rotatable bonds is 6. The Kier molecular flexibility index (Phi) is 6.20. The number of anilines is 1. The van der Waals surface area contributed by atoms with Crippen LogP contribution < -0.4 is 9.62 Å². The number of morpholine rings is 1. The van der Waals surface area contributed by atoms with Crippen LogP contribution >= 0.6 is 0 Å². The summed E-state index contributed by atoms with van der Waals surface area (Å²) in [7, 11) is -1.89. The van der Waals surface area contributed by atoms with Crippen molar-refractivity contribution in [2.75, 3.05) is 57.0 Å². The molecule has 0 radical (unpaired) electrons. The molecule has 134 valence electrons. The number of benzene rings is 1. The Balaban J connectivity index is 2.01. The summed E-state index contributed by atoms with van der Waals surface area (Å²) in [5.41, 5.74) is 1.65. The first-order chi connectivity index (χ1) is 11.3. The maximum Gasteiger partial charge on any atom is 0.251 e. The van der Waals surface area contributed by atoms with Crippen LogP contribution in [0.1, 0.15) is 15.9 Å². The molecule has 1 aliphatic rings. The molecule has 0 bridgehead atoms. The lowest BCUT2D eigenvalue weighted by atomic mass is 10.1. The van der Waals surface area contributed by atoms with Crippen LogP contribution in [-0.2, 0) is 14.8 Å². The summed E-state index contributed by atoms with van der Waals surface area (Å²) in [5, 5.41) is 2.90. The Bertz CT molecular complexity index is 685. The first-order valence-corrected chi connectivity index (χ1v) is 9.77. The molecule has 1 aromatic rings. The van der Waals surface area contributed by atoms with E-state index in [1.807, 2.05) is 0 Å². The molecule has 0 aliphatic carbocycles. The highest BCUT2D eigenvalue weighted by Gasteiger charge is 2.18. The molecule has 0 saturated carbocycles. The fourth-order valence-electron chi connectivity index (χ4n) is 2.64. The van der Waals surface area contributed by atoms with Crippen LogP contribution in [0.2, 0.25) is 0 Å². The molecule has 0 atom stereocenters. The average Bonchev–Trinajstić information content (AvgIpc) is 2.54. The Hall–Kier alpha value is -1.64. The lowest BCUT2D eigenvalue weighted by Crippen LogP contribution is -2.41. The number of amides is 1. The van der Waals surface area contributed by atoms with E-state index in [0.29, 0.717) is 23.4 Å². The molecule has 1 fully saturated rings. The van der Waals surface area contributed by atoms with Gasteiger partial charge in [-0.05, 0) is 24.6 Å². The minimum absolute atomic E-state index is 0.190. The highest BCUT2D eigenvalue weighted by Crippen LogP contribution is 2.23. The predicted molar refractivity (Wildman–Crippen MR) is 94.0 cm³/mol. The first-order valence-electron chi connectivity index (χ1n) is 7.92. The second kappa shape index (κ2) is 7.96. The number of ether oxygens (including phenoxy) is 1. The van der Waals surface area contributed by atoms with Crippen LogP contribution in [0.3, 0.4) is 0 Å². The van der Waals surface area contributed by atoms with Crippen molar-refractivity contribution in [3.05, 3.63) is 29.3 Å². The number of nitrogens with zero attached hydrogens (tertiary/aromatic N) is 2. The molecule has 0 aromatic heterocycles. The maximum absolute atomic E-state index is 12.4. The number of sulfonamides is 1. The molecule has 7 nitrogen and oxygen atoms in total. The van der Waals surface area contributed by atoms with Crippen LogP contribution in [0.4, 0.5) is 5.69 Å². The van der Waals surface area contributed by atoms with Gasteiger partial charge < -0.3 is 10.1 Å². The fraction of sp³-hybridized carbons (Fsp3) is 0.562. The summed E-state index contributed by atoms with van der Waals surface area (Å²) >= 11 is 0. The van der Waals surface area contributed by atoms with Crippen LogP contribution in [0, 0.1) is 6.92 Å². The Morgan fingerprint density at radius 3 is 2.62 bits per heavy atom. The van der Waals surface area contributed by atoms with Gasteiger partial charge in [0.25, 0.3) is 5.91 Å².